The Hall–Kier alpha value is -2.81. The molecule has 1 heterocycles. The molecule has 0 saturated carbocycles. The molecule has 4 rings (SSSR count). The van der Waals surface area contributed by atoms with Gasteiger partial charge in [0, 0.05) is 42.2 Å². The van der Waals surface area contributed by atoms with Crippen molar-refractivity contribution in [2.45, 2.75) is 4.90 Å². The molecule has 0 spiro atoms. The molecule has 1 fully saturated rings. The predicted octanol–water partition coefficient (Wildman–Crippen LogP) is 3.32. The molecule has 1 aliphatic carbocycles. The van der Waals surface area contributed by atoms with E-state index in [2.05, 4.69) is 15.7 Å². The largest absolute Gasteiger partial charge is 0.365 e. The SMILES string of the molecule is C#CCN1CCN(C2=C(Sc3ccccc3)C(=O)c3ccccc3C2=O)CC1. The van der Waals surface area contributed by atoms with Crippen LogP contribution in [0.2, 0.25) is 0 Å². The molecule has 0 N–H and O–H groups in total. The number of allylic oxidation sites excluding steroid dienone is 2. The minimum atomic E-state index is -0.0786. The molecule has 0 amide bonds. The Balaban J connectivity index is 1.73. The Morgan fingerprint density at radius 1 is 0.857 bits per heavy atom. The maximum atomic E-state index is 13.4. The van der Waals surface area contributed by atoms with Crippen molar-refractivity contribution in [3.8, 4) is 12.3 Å². The minimum absolute atomic E-state index is 0.0703. The molecule has 0 unspecified atom stereocenters. The van der Waals surface area contributed by atoms with Gasteiger partial charge < -0.3 is 4.90 Å². The third-order valence-corrected chi connectivity index (χ3v) is 6.11. The highest BCUT2D eigenvalue weighted by Crippen LogP contribution is 2.38. The second-order valence-corrected chi connectivity index (χ2v) is 7.85. The maximum absolute atomic E-state index is 13.4. The van der Waals surface area contributed by atoms with Crippen LogP contribution < -0.4 is 0 Å². The number of nitrogens with zero attached hydrogens (tertiary/aromatic N) is 2. The fraction of sp³-hybridized carbons (Fsp3) is 0.217. The molecule has 4 nitrogen and oxygen atoms in total. The van der Waals surface area contributed by atoms with Crippen molar-refractivity contribution in [2.75, 3.05) is 32.7 Å². The Labute approximate surface area is 169 Å². The van der Waals surface area contributed by atoms with E-state index in [-0.39, 0.29) is 11.6 Å². The van der Waals surface area contributed by atoms with Gasteiger partial charge in [-0.1, -0.05) is 60.1 Å². The van der Waals surface area contributed by atoms with E-state index < -0.39 is 0 Å². The smallest absolute Gasteiger partial charge is 0.211 e. The van der Waals surface area contributed by atoms with Gasteiger partial charge in [-0.05, 0) is 12.1 Å². The Morgan fingerprint density at radius 3 is 2.11 bits per heavy atom. The molecule has 5 heteroatoms. The molecular weight excluding hydrogens is 368 g/mol. The fourth-order valence-corrected chi connectivity index (χ4v) is 4.64. The molecule has 28 heavy (non-hydrogen) atoms. The highest BCUT2D eigenvalue weighted by Gasteiger charge is 2.36. The first-order valence-corrected chi connectivity index (χ1v) is 10.1. The van der Waals surface area contributed by atoms with E-state index in [9.17, 15) is 9.59 Å². The summed E-state index contributed by atoms with van der Waals surface area (Å²) < 4.78 is 0. The number of hydrogen-bond donors (Lipinski definition) is 0. The lowest BCUT2D eigenvalue weighted by Gasteiger charge is -2.38. The van der Waals surface area contributed by atoms with Crippen molar-refractivity contribution in [3.05, 3.63) is 76.3 Å². The van der Waals surface area contributed by atoms with Crippen LogP contribution in [0.1, 0.15) is 20.7 Å². The van der Waals surface area contributed by atoms with E-state index in [4.69, 9.17) is 6.42 Å². The van der Waals surface area contributed by atoms with E-state index in [1.54, 1.807) is 18.2 Å². The highest BCUT2D eigenvalue weighted by molar-refractivity contribution is 8.04. The van der Waals surface area contributed by atoms with Gasteiger partial charge in [-0.3, -0.25) is 14.5 Å². The molecule has 1 aliphatic heterocycles. The van der Waals surface area contributed by atoms with Crippen LogP contribution in [0.5, 0.6) is 0 Å². The van der Waals surface area contributed by atoms with E-state index in [0.29, 0.717) is 41.4 Å². The summed E-state index contributed by atoms with van der Waals surface area (Å²) in [6.07, 6.45) is 5.42. The molecule has 1 saturated heterocycles. The van der Waals surface area contributed by atoms with Crippen molar-refractivity contribution in [2.24, 2.45) is 0 Å². The van der Waals surface area contributed by atoms with Crippen molar-refractivity contribution in [3.63, 3.8) is 0 Å². The Bertz CT molecular complexity index is 983. The molecule has 2 aromatic carbocycles. The fourth-order valence-electron chi connectivity index (χ4n) is 3.59. The topological polar surface area (TPSA) is 40.6 Å². The van der Waals surface area contributed by atoms with E-state index in [1.807, 2.05) is 36.4 Å². The number of terminal acetylenes is 1. The lowest BCUT2D eigenvalue weighted by Crippen LogP contribution is -2.48. The number of benzene rings is 2. The van der Waals surface area contributed by atoms with Gasteiger partial charge in [-0.2, -0.15) is 0 Å². The van der Waals surface area contributed by atoms with Gasteiger partial charge in [-0.25, -0.2) is 0 Å². The quantitative estimate of drug-likeness (QED) is 0.752. The normalized spacial score (nSPS) is 17.5. The number of carbonyl (C=O) groups excluding carboxylic acids is 2. The standard InChI is InChI=1S/C23H20N2O2S/c1-2-12-24-13-15-25(16-14-24)20-21(26)18-10-6-7-11-19(18)22(27)23(20)28-17-8-4-3-5-9-17/h1,3-11H,12-16H2. The zero-order valence-electron chi connectivity index (χ0n) is 15.4. The third-order valence-electron chi connectivity index (χ3n) is 5.02. The third kappa shape index (κ3) is 3.49. The monoisotopic (exact) mass is 388 g/mol. The van der Waals surface area contributed by atoms with E-state index in [0.717, 1.165) is 18.0 Å². The van der Waals surface area contributed by atoms with Crippen LogP contribution in [-0.4, -0.2) is 54.1 Å². The number of ketones is 2. The summed E-state index contributed by atoms with van der Waals surface area (Å²) in [7, 11) is 0. The maximum Gasteiger partial charge on any atom is 0.211 e. The summed E-state index contributed by atoms with van der Waals surface area (Å²) in [6.45, 7) is 3.52. The van der Waals surface area contributed by atoms with Gasteiger partial charge in [0.25, 0.3) is 0 Å². The Morgan fingerprint density at radius 2 is 1.46 bits per heavy atom. The first kappa shape index (κ1) is 18.5. The van der Waals surface area contributed by atoms with Crippen LogP contribution in [0.15, 0.2) is 70.1 Å². The molecule has 0 aromatic heterocycles. The van der Waals surface area contributed by atoms with Crippen LogP contribution in [0.3, 0.4) is 0 Å². The van der Waals surface area contributed by atoms with Crippen LogP contribution in [-0.2, 0) is 0 Å². The van der Waals surface area contributed by atoms with Gasteiger partial charge in [0.1, 0.15) is 5.70 Å². The number of piperazine rings is 1. The Kier molecular flexibility index (Phi) is 5.34. The number of carbonyl (C=O) groups is 2. The lowest BCUT2D eigenvalue weighted by molar-refractivity contribution is 0.0919. The summed E-state index contributed by atoms with van der Waals surface area (Å²) in [5.74, 6) is 2.52. The summed E-state index contributed by atoms with van der Waals surface area (Å²) in [6, 6.07) is 16.8. The van der Waals surface area contributed by atoms with Crippen molar-refractivity contribution < 1.29 is 9.59 Å². The first-order chi connectivity index (χ1) is 13.7. The summed E-state index contributed by atoms with van der Waals surface area (Å²) in [5.41, 5.74) is 1.50. The summed E-state index contributed by atoms with van der Waals surface area (Å²) in [4.78, 5) is 32.3. The van der Waals surface area contributed by atoms with Gasteiger partial charge in [0.05, 0.1) is 11.4 Å². The molecule has 2 aromatic rings. The number of fused-ring (bicyclic) bond motifs is 1. The zero-order chi connectivity index (χ0) is 19.5. The molecule has 140 valence electrons. The molecule has 0 bridgehead atoms. The van der Waals surface area contributed by atoms with Crippen molar-refractivity contribution in [1.82, 2.24) is 9.80 Å². The van der Waals surface area contributed by atoms with Gasteiger partial charge >= 0.3 is 0 Å². The van der Waals surface area contributed by atoms with Gasteiger partial charge in [0.2, 0.25) is 11.6 Å². The molecule has 0 radical (unpaired) electrons. The van der Waals surface area contributed by atoms with Crippen LogP contribution in [0.25, 0.3) is 0 Å². The molecular formula is C23H20N2O2S. The van der Waals surface area contributed by atoms with Crippen LogP contribution in [0.4, 0.5) is 0 Å². The van der Waals surface area contributed by atoms with Gasteiger partial charge in [-0.15, -0.1) is 6.42 Å². The van der Waals surface area contributed by atoms with Crippen LogP contribution in [0, 0.1) is 12.3 Å². The zero-order valence-corrected chi connectivity index (χ0v) is 16.2. The van der Waals surface area contributed by atoms with Crippen molar-refractivity contribution in [1.29, 1.82) is 0 Å². The second kappa shape index (κ2) is 8.05. The second-order valence-electron chi connectivity index (χ2n) is 6.76. The summed E-state index contributed by atoms with van der Waals surface area (Å²) >= 11 is 1.37. The average Bonchev–Trinajstić information content (AvgIpc) is 2.74. The van der Waals surface area contributed by atoms with Crippen molar-refractivity contribution >= 4 is 23.3 Å². The van der Waals surface area contributed by atoms with Crippen LogP contribution >= 0.6 is 11.8 Å². The average molecular weight is 388 g/mol. The molecule has 0 atom stereocenters. The predicted molar refractivity (Wildman–Crippen MR) is 111 cm³/mol. The number of thioether (sulfide) groups is 1. The van der Waals surface area contributed by atoms with Gasteiger partial charge in [0.15, 0.2) is 0 Å². The molecule has 2 aliphatic rings. The minimum Gasteiger partial charge on any atom is -0.365 e. The number of rotatable bonds is 4. The lowest BCUT2D eigenvalue weighted by atomic mass is 9.91. The van der Waals surface area contributed by atoms with E-state index in [1.165, 1.54) is 11.8 Å². The van der Waals surface area contributed by atoms with E-state index >= 15 is 0 Å². The first-order valence-electron chi connectivity index (χ1n) is 9.25. The number of Topliss-reactive ketones (excluding diaryl/α,β-unsaturated/α-hetero) is 2. The highest BCUT2D eigenvalue weighted by atomic mass is 32.2. The number of hydrogen-bond acceptors (Lipinski definition) is 5. The summed E-state index contributed by atoms with van der Waals surface area (Å²) in [5, 5.41) is 0.